The summed E-state index contributed by atoms with van der Waals surface area (Å²) < 4.78 is 10.8. The summed E-state index contributed by atoms with van der Waals surface area (Å²) in [6, 6.07) is 18.6. The minimum absolute atomic E-state index is 0.160. The van der Waals surface area contributed by atoms with E-state index in [0.29, 0.717) is 28.4 Å². The molecule has 0 aromatic heterocycles. The van der Waals surface area contributed by atoms with Crippen LogP contribution in [-0.2, 0) is 9.59 Å². The van der Waals surface area contributed by atoms with E-state index in [9.17, 15) is 9.59 Å². The predicted octanol–water partition coefficient (Wildman–Crippen LogP) is 4.74. The van der Waals surface area contributed by atoms with Crippen molar-refractivity contribution in [2.24, 2.45) is 0 Å². The largest absolute Gasteiger partial charge is 0.454 e. The first-order chi connectivity index (χ1) is 15.4. The van der Waals surface area contributed by atoms with Gasteiger partial charge < -0.3 is 14.8 Å². The van der Waals surface area contributed by atoms with Gasteiger partial charge in [-0.3, -0.25) is 9.59 Å². The highest BCUT2D eigenvalue weighted by molar-refractivity contribution is 6.46. The molecule has 32 heavy (non-hydrogen) atoms. The number of nitrogens with one attached hydrogen (secondary N) is 1. The smallest absolute Gasteiger partial charge is 0.282 e. The lowest BCUT2D eigenvalue weighted by Crippen LogP contribution is -2.33. The van der Waals surface area contributed by atoms with E-state index in [0.717, 1.165) is 22.3 Å². The number of carbonyl (C=O) groups is 2. The van der Waals surface area contributed by atoms with Gasteiger partial charge in [-0.2, -0.15) is 0 Å². The molecule has 3 aromatic rings. The SMILES string of the molecule is Cc1ccc(C2=C(Nc3ccc4c(c3)OCO4)C(=O)N(c3ccccc3C)C2=O)c(C)c1. The summed E-state index contributed by atoms with van der Waals surface area (Å²) in [6.07, 6.45) is 0. The zero-order valence-electron chi connectivity index (χ0n) is 18.1. The van der Waals surface area contributed by atoms with E-state index in [2.05, 4.69) is 5.32 Å². The monoisotopic (exact) mass is 426 g/mol. The summed E-state index contributed by atoms with van der Waals surface area (Å²) >= 11 is 0. The van der Waals surface area contributed by atoms with Gasteiger partial charge in [0.1, 0.15) is 5.70 Å². The van der Waals surface area contributed by atoms with Crippen molar-refractivity contribution in [1.29, 1.82) is 0 Å². The molecule has 0 atom stereocenters. The molecule has 2 heterocycles. The molecule has 1 N–H and O–H groups in total. The minimum atomic E-state index is -0.392. The van der Waals surface area contributed by atoms with Crippen LogP contribution in [0.15, 0.2) is 66.4 Å². The molecule has 2 aliphatic heterocycles. The zero-order valence-corrected chi connectivity index (χ0v) is 18.1. The van der Waals surface area contributed by atoms with Crippen LogP contribution in [0.1, 0.15) is 22.3 Å². The van der Waals surface area contributed by atoms with Gasteiger partial charge in [0.25, 0.3) is 11.8 Å². The quantitative estimate of drug-likeness (QED) is 0.611. The number of hydrogen-bond donors (Lipinski definition) is 1. The second kappa shape index (κ2) is 7.57. The summed E-state index contributed by atoms with van der Waals surface area (Å²) in [5.41, 5.74) is 5.40. The molecule has 2 aliphatic rings. The van der Waals surface area contributed by atoms with E-state index in [1.165, 1.54) is 4.90 Å². The number of amides is 2. The van der Waals surface area contributed by atoms with Gasteiger partial charge in [0, 0.05) is 11.8 Å². The number of imide groups is 1. The van der Waals surface area contributed by atoms with Gasteiger partial charge in [-0.25, -0.2) is 4.90 Å². The summed E-state index contributed by atoms with van der Waals surface area (Å²) in [5.74, 6) is 0.502. The molecular weight excluding hydrogens is 404 g/mol. The number of ether oxygens (including phenoxy) is 2. The zero-order chi connectivity index (χ0) is 22.4. The fourth-order valence-corrected chi connectivity index (χ4v) is 4.14. The highest BCUT2D eigenvalue weighted by atomic mass is 16.7. The number of nitrogens with zero attached hydrogens (tertiary/aromatic N) is 1. The van der Waals surface area contributed by atoms with E-state index in [1.807, 2.05) is 57.2 Å². The molecule has 0 spiro atoms. The molecule has 6 heteroatoms. The van der Waals surface area contributed by atoms with E-state index in [1.54, 1.807) is 24.3 Å². The van der Waals surface area contributed by atoms with Crippen LogP contribution < -0.4 is 19.7 Å². The first-order valence-corrected chi connectivity index (χ1v) is 10.4. The number of benzene rings is 3. The van der Waals surface area contributed by atoms with Gasteiger partial charge in [0.15, 0.2) is 11.5 Å². The van der Waals surface area contributed by atoms with Crippen LogP contribution in [0.25, 0.3) is 5.57 Å². The van der Waals surface area contributed by atoms with Crippen molar-refractivity contribution in [1.82, 2.24) is 0 Å². The Bertz CT molecular complexity index is 1310. The molecule has 2 amide bonds. The Hall–Kier alpha value is -4.06. The van der Waals surface area contributed by atoms with Crippen molar-refractivity contribution in [2.45, 2.75) is 20.8 Å². The number of aryl methyl sites for hydroxylation is 3. The van der Waals surface area contributed by atoms with Crippen molar-refractivity contribution >= 4 is 28.8 Å². The number of anilines is 2. The van der Waals surface area contributed by atoms with Crippen LogP contribution in [0.3, 0.4) is 0 Å². The second-order valence-corrected chi connectivity index (χ2v) is 7.99. The highest BCUT2D eigenvalue weighted by Gasteiger charge is 2.41. The van der Waals surface area contributed by atoms with Gasteiger partial charge in [0.2, 0.25) is 6.79 Å². The normalized spacial score (nSPS) is 15.0. The molecule has 0 fully saturated rings. The lowest BCUT2D eigenvalue weighted by molar-refractivity contribution is -0.120. The molecule has 0 saturated heterocycles. The third-order valence-corrected chi connectivity index (χ3v) is 5.73. The Morgan fingerprint density at radius 3 is 2.38 bits per heavy atom. The molecule has 0 bridgehead atoms. The molecule has 6 nitrogen and oxygen atoms in total. The van der Waals surface area contributed by atoms with Gasteiger partial charge in [0.05, 0.1) is 11.3 Å². The van der Waals surface area contributed by atoms with Crippen LogP contribution in [0.2, 0.25) is 0 Å². The Balaban J connectivity index is 1.64. The maximum absolute atomic E-state index is 13.7. The Morgan fingerprint density at radius 1 is 0.812 bits per heavy atom. The number of fused-ring (bicyclic) bond motifs is 1. The Kier molecular flexibility index (Phi) is 4.70. The van der Waals surface area contributed by atoms with Crippen LogP contribution >= 0.6 is 0 Å². The molecule has 0 unspecified atom stereocenters. The number of rotatable bonds is 4. The summed E-state index contributed by atoms with van der Waals surface area (Å²) in [7, 11) is 0. The standard InChI is InChI=1S/C26H22N2O4/c1-15-8-10-19(17(3)12-15)23-24(27-18-9-11-21-22(13-18)32-14-31-21)26(30)28(25(23)29)20-7-5-4-6-16(20)2/h4-13,27H,14H2,1-3H3. The average Bonchev–Trinajstić information content (AvgIpc) is 3.32. The lowest BCUT2D eigenvalue weighted by Gasteiger charge is -2.18. The fraction of sp³-hybridized carbons (Fsp3) is 0.154. The molecule has 0 saturated carbocycles. The number of para-hydroxylation sites is 1. The lowest BCUT2D eigenvalue weighted by atomic mass is 9.97. The molecule has 160 valence electrons. The van der Waals surface area contributed by atoms with E-state index < -0.39 is 5.91 Å². The number of hydrogen-bond acceptors (Lipinski definition) is 5. The Labute approximate surface area is 186 Å². The third kappa shape index (κ3) is 3.21. The molecule has 3 aromatic carbocycles. The summed E-state index contributed by atoms with van der Waals surface area (Å²) in [5, 5.41) is 3.19. The maximum Gasteiger partial charge on any atom is 0.282 e. The van der Waals surface area contributed by atoms with Gasteiger partial charge >= 0.3 is 0 Å². The van der Waals surface area contributed by atoms with Crippen molar-refractivity contribution in [2.75, 3.05) is 17.0 Å². The van der Waals surface area contributed by atoms with E-state index in [4.69, 9.17) is 9.47 Å². The van der Waals surface area contributed by atoms with Crippen molar-refractivity contribution in [3.05, 3.63) is 88.6 Å². The van der Waals surface area contributed by atoms with Crippen molar-refractivity contribution in [3.63, 3.8) is 0 Å². The first-order valence-electron chi connectivity index (χ1n) is 10.4. The third-order valence-electron chi connectivity index (χ3n) is 5.73. The minimum Gasteiger partial charge on any atom is -0.454 e. The van der Waals surface area contributed by atoms with Gasteiger partial charge in [-0.15, -0.1) is 0 Å². The number of carbonyl (C=O) groups excluding carboxylic acids is 2. The first kappa shape index (κ1) is 19.9. The van der Waals surface area contributed by atoms with Crippen LogP contribution in [0.5, 0.6) is 11.5 Å². The van der Waals surface area contributed by atoms with Crippen LogP contribution in [-0.4, -0.2) is 18.6 Å². The van der Waals surface area contributed by atoms with Crippen LogP contribution in [0.4, 0.5) is 11.4 Å². The Morgan fingerprint density at radius 2 is 1.59 bits per heavy atom. The second-order valence-electron chi connectivity index (χ2n) is 7.99. The molecule has 0 aliphatic carbocycles. The van der Waals surface area contributed by atoms with Gasteiger partial charge in [-0.05, 0) is 55.7 Å². The average molecular weight is 426 g/mol. The summed E-state index contributed by atoms with van der Waals surface area (Å²) in [6.45, 7) is 5.99. The van der Waals surface area contributed by atoms with Crippen LogP contribution in [0, 0.1) is 20.8 Å². The maximum atomic E-state index is 13.7. The molecule has 5 rings (SSSR count). The predicted molar refractivity (Wildman–Crippen MR) is 123 cm³/mol. The van der Waals surface area contributed by atoms with Crippen molar-refractivity contribution < 1.29 is 19.1 Å². The van der Waals surface area contributed by atoms with E-state index in [-0.39, 0.29) is 18.4 Å². The van der Waals surface area contributed by atoms with E-state index >= 15 is 0 Å². The highest BCUT2D eigenvalue weighted by Crippen LogP contribution is 2.38. The van der Waals surface area contributed by atoms with Gasteiger partial charge in [-0.1, -0.05) is 42.0 Å². The van der Waals surface area contributed by atoms with Crippen molar-refractivity contribution in [3.8, 4) is 11.5 Å². The fourth-order valence-electron chi connectivity index (χ4n) is 4.14. The summed E-state index contributed by atoms with van der Waals surface area (Å²) in [4.78, 5) is 28.5. The topological polar surface area (TPSA) is 67.9 Å². The molecular formula is C26H22N2O4. The molecule has 0 radical (unpaired) electrons.